The number of amides is 2. The maximum Gasteiger partial charge on any atom is 0.254 e. The number of aryl methyl sites for hydroxylation is 1. The molecule has 1 saturated heterocycles. The molecule has 0 spiro atoms. The molecule has 2 amide bonds. The summed E-state index contributed by atoms with van der Waals surface area (Å²) in [5, 5.41) is 2.63. The molecule has 0 radical (unpaired) electrons. The molecule has 0 aliphatic carbocycles. The lowest BCUT2D eigenvalue weighted by Gasteiger charge is -2.22. The van der Waals surface area contributed by atoms with E-state index in [-0.39, 0.29) is 17.4 Å². The largest absolute Gasteiger partial charge is 0.359 e. The lowest BCUT2D eigenvalue weighted by molar-refractivity contribution is -0.128. The summed E-state index contributed by atoms with van der Waals surface area (Å²) >= 11 is 0. The molecule has 1 N–H and O–H groups in total. The average molecular weight is 277 g/mol. The van der Waals surface area contributed by atoms with Crippen molar-refractivity contribution in [1.29, 1.82) is 0 Å². The molecule has 6 heteroatoms. The Bertz CT molecular complexity index is 608. The van der Waals surface area contributed by atoms with E-state index in [0.717, 1.165) is 0 Å². The summed E-state index contributed by atoms with van der Waals surface area (Å²) in [6.45, 7) is 2.75. The first-order valence-corrected chi connectivity index (χ1v) is 6.55. The van der Waals surface area contributed by atoms with E-state index >= 15 is 0 Å². The molecule has 108 valence electrons. The van der Waals surface area contributed by atoms with Crippen LogP contribution in [-0.2, 0) is 11.8 Å². The van der Waals surface area contributed by atoms with Gasteiger partial charge in [0.25, 0.3) is 11.5 Å². The van der Waals surface area contributed by atoms with Gasteiger partial charge in [0, 0.05) is 45.0 Å². The lowest BCUT2D eigenvalue weighted by Crippen LogP contribution is -2.40. The number of carbonyl (C=O) groups is 2. The van der Waals surface area contributed by atoms with Gasteiger partial charge in [0.1, 0.15) is 0 Å². The van der Waals surface area contributed by atoms with Gasteiger partial charge in [-0.3, -0.25) is 14.4 Å². The van der Waals surface area contributed by atoms with Crippen molar-refractivity contribution >= 4 is 11.8 Å². The number of likely N-dealkylation sites (tertiary alicyclic amines) is 1. The molecule has 1 aromatic rings. The first-order valence-electron chi connectivity index (χ1n) is 6.55. The van der Waals surface area contributed by atoms with Gasteiger partial charge < -0.3 is 14.8 Å². The zero-order valence-corrected chi connectivity index (χ0v) is 12.0. The summed E-state index contributed by atoms with van der Waals surface area (Å²) < 4.78 is 1.41. The van der Waals surface area contributed by atoms with Crippen molar-refractivity contribution in [3.63, 3.8) is 0 Å². The van der Waals surface area contributed by atoms with Gasteiger partial charge in [-0.05, 0) is 19.4 Å². The van der Waals surface area contributed by atoms with E-state index in [2.05, 4.69) is 5.32 Å². The van der Waals surface area contributed by atoms with Gasteiger partial charge in [-0.2, -0.15) is 0 Å². The summed E-state index contributed by atoms with van der Waals surface area (Å²) in [6.07, 6.45) is 2.20. The van der Waals surface area contributed by atoms with Gasteiger partial charge in [0.2, 0.25) is 5.91 Å². The molecule has 2 heterocycles. The number of hydrogen-bond donors (Lipinski definition) is 1. The van der Waals surface area contributed by atoms with Crippen molar-refractivity contribution < 1.29 is 9.59 Å². The Hall–Kier alpha value is -2.11. The highest BCUT2D eigenvalue weighted by molar-refractivity contribution is 5.95. The maximum atomic E-state index is 12.4. The Kier molecular flexibility index (Phi) is 3.65. The van der Waals surface area contributed by atoms with E-state index in [0.29, 0.717) is 25.1 Å². The Labute approximate surface area is 117 Å². The Morgan fingerprint density at radius 1 is 1.40 bits per heavy atom. The smallest absolute Gasteiger partial charge is 0.254 e. The van der Waals surface area contributed by atoms with Crippen LogP contribution in [-0.4, -0.2) is 41.4 Å². The van der Waals surface area contributed by atoms with Crippen molar-refractivity contribution in [3.05, 3.63) is 34.2 Å². The number of rotatable bonds is 2. The Balaban J connectivity index is 2.17. The SMILES string of the molecule is CNC(=O)C1(C)CCN(C(=O)c2ccn(C)c(=O)c2)C1. The third kappa shape index (κ3) is 2.45. The zero-order valence-electron chi connectivity index (χ0n) is 12.0. The predicted octanol–water partition coefficient (Wildman–Crippen LogP) is -0.0165. The highest BCUT2D eigenvalue weighted by Crippen LogP contribution is 2.30. The third-order valence-electron chi connectivity index (χ3n) is 3.89. The summed E-state index contributed by atoms with van der Waals surface area (Å²) in [4.78, 5) is 37.4. The first-order chi connectivity index (χ1) is 9.37. The summed E-state index contributed by atoms with van der Waals surface area (Å²) in [5.74, 6) is -0.257. The van der Waals surface area contributed by atoms with Gasteiger partial charge >= 0.3 is 0 Å². The Morgan fingerprint density at radius 3 is 2.70 bits per heavy atom. The molecular weight excluding hydrogens is 258 g/mol. The average Bonchev–Trinajstić information content (AvgIpc) is 2.84. The number of hydrogen-bond acceptors (Lipinski definition) is 3. The predicted molar refractivity (Wildman–Crippen MR) is 74.4 cm³/mol. The van der Waals surface area contributed by atoms with Gasteiger partial charge in [-0.1, -0.05) is 0 Å². The minimum atomic E-state index is -0.551. The molecule has 2 rings (SSSR count). The van der Waals surface area contributed by atoms with Gasteiger partial charge in [0.15, 0.2) is 0 Å². The van der Waals surface area contributed by atoms with Crippen LogP contribution in [0, 0.1) is 5.41 Å². The molecule has 20 heavy (non-hydrogen) atoms. The molecule has 1 atom stereocenters. The molecular formula is C14H19N3O3. The minimum Gasteiger partial charge on any atom is -0.359 e. The van der Waals surface area contributed by atoms with Crippen molar-refractivity contribution in [1.82, 2.24) is 14.8 Å². The number of aromatic nitrogens is 1. The van der Waals surface area contributed by atoms with Crippen LogP contribution >= 0.6 is 0 Å². The highest BCUT2D eigenvalue weighted by atomic mass is 16.2. The summed E-state index contributed by atoms with van der Waals surface area (Å²) in [5.41, 5.74) is -0.400. The van der Waals surface area contributed by atoms with Crippen LogP contribution in [0.4, 0.5) is 0 Å². The minimum absolute atomic E-state index is 0.0585. The number of nitrogens with one attached hydrogen (secondary N) is 1. The number of pyridine rings is 1. The summed E-state index contributed by atoms with van der Waals surface area (Å²) in [7, 11) is 3.23. The van der Waals surface area contributed by atoms with Crippen LogP contribution in [0.1, 0.15) is 23.7 Å². The standard InChI is InChI=1S/C14H19N3O3/c1-14(13(20)15-2)5-7-17(9-14)12(19)10-4-6-16(3)11(18)8-10/h4,6,8H,5,7,9H2,1-3H3,(H,15,20). The van der Waals surface area contributed by atoms with Crippen LogP contribution in [0.15, 0.2) is 23.1 Å². The van der Waals surface area contributed by atoms with Crippen LogP contribution < -0.4 is 10.9 Å². The molecule has 6 nitrogen and oxygen atoms in total. The van der Waals surface area contributed by atoms with Gasteiger partial charge in [0.05, 0.1) is 5.41 Å². The quantitative estimate of drug-likeness (QED) is 0.826. The number of carbonyl (C=O) groups excluding carboxylic acids is 2. The fraction of sp³-hybridized carbons (Fsp3) is 0.500. The lowest BCUT2D eigenvalue weighted by atomic mass is 9.89. The molecule has 0 bridgehead atoms. The highest BCUT2D eigenvalue weighted by Gasteiger charge is 2.41. The third-order valence-corrected chi connectivity index (χ3v) is 3.89. The van der Waals surface area contributed by atoms with E-state index < -0.39 is 5.41 Å². The first kappa shape index (κ1) is 14.3. The molecule has 1 aliphatic heterocycles. The molecule has 1 unspecified atom stereocenters. The second-order valence-electron chi connectivity index (χ2n) is 5.48. The monoisotopic (exact) mass is 277 g/mol. The topological polar surface area (TPSA) is 71.4 Å². The van der Waals surface area contributed by atoms with Crippen LogP contribution in [0.2, 0.25) is 0 Å². The van der Waals surface area contributed by atoms with Crippen LogP contribution in [0.5, 0.6) is 0 Å². The Morgan fingerprint density at radius 2 is 2.10 bits per heavy atom. The molecule has 0 saturated carbocycles. The van der Waals surface area contributed by atoms with Crippen molar-refractivity contribution in [2.75, 3.05) is 20.1 Å². The normalized spacial score (nSPS) is 21.9. The molecule has 1 aromatic heterocycles. The molecule has 0 aromatic carbocycles. The van der Waals surface area contributed by atoms with Crippen LogP contribution in [0.25, 0.3) is 0 Å². The van der Waals surface area contributed by atoms with Crippen molar-refractivity contribution in [3.8, 4) is 0 Å². The van der Waals surface area contributed by atoms with E-state index in [1.807, 2.05) is 6.92 Å². The van der Waals surface area contributed by atoms with Crippen molar-refractivity contribution in [2.45, 2.75) is 13.3 Å². The maximum absolute atomic E-state index is 12.4. The number of nitrogens with zero attached hydrogens (tertiary/aromatic N) is 2. The second-order valence-corrected chi connectivity index (χ2v) is 5.48. The van der Waals surface area contributed by atoms with Crippen molar-refractivity contribution in [2.24, 2.45) is 12.5 Å². The van der Waals surface area contributed by atoms with E-state index in [1.165, 1.54) is 10.6 Å². The fourth-order valence-electron chi connectivity index (χ4n) is 2.49. The van der Waals surface area contributed by atoms with Gasteiger partial charge in [-0.15, -0.1) is 0 Å². The van der Waals surface area contributed by atoms with Gasteiger partial charge in [-0.25, -0.2) is 0 Å². The van der Waals surface area contributed by atoms with Crippen LogP contribution in [0.3, 0.4) is 0 Å². The molecule has 1 aliphatic rings. The fourth-order valence-corrected chi connectivity index (χ4v) is 2.49. The summed E-state index contributed by atoms with van der Waals surface area (Å²) in [6, 6.07) is 2.96. The van der Waals surface area contributed by atoms with E-state index in [4.69, 9.17) is 0 Å². The van der Waals surface area contributed by atoms with E-state index in [9.17, 15) is 14.4 Å². The van der Waals surface area contributed by atoms with E-state index in [1.54, 1.807) is 31.3 Å². The molecule has 1 fully saturated rings. The second kappa shape index (κ2) is 5.11. The zero-order chi connectivity index (χ0) is 14.9.